The van der Waals surface area contributed by atoms with Crippen LogP contribution in [0, 0.1) is 19.7 Å². The molecule has 0 saturated carbocycles. The molecule has 10 heteroatoms. The van der Waals surface area contributed by atoms with Gasteiger partial charge >= 0.3 is 6.01 Å². The number of nitrogen functional groups attached to an aromatic ring is 2. The predicted molar refractivity (Wildman–Crippen MR) is 142 cm³/mol. The second-order valence-electron chi connectivity index (χ2n) is 9.12. The molecule has 0 saturated heterocycles. The van der Waals surface area contributed by atoms with Crippen molar-refractivity contribution in [1.29, 1.82) is 0 Å². The molecule has 0 aliphatic carbocycles. The fraction of sp³-hybridized carbons (Fsp3) is 0.185. The van der Waals surface area contributed by atoms with E-state index in [4.69, 9.17) is 16.2 Å². The molecule has 0 unspecified atom stereocenters. The molecule has 0 atom stereocenters. The Hall–Kier alpha value is -4.57. The van der Waals surface area contributed by atoms with Crippen LogP contribution >= 0.6 is 0 Å². The molecule has 0 fully saturated rings. The van der Waals surface area contributed by atoms with Gasteiger partial charge in [-0.25, -0.2) is 24.3 Å². The van der Waals surface area contributed by atoms with E-state index in [1.165, 1.54) is 12.4 Å². The summed E-state index contributed by atoms with van der Waals surface area (Å²) in [5.41, 5.74) is 19.3. The minimum absolute atomic E-state index is 0.00841. The van der Waals surface area contributed by atoms with Crippen LogP contribution in [0.1, 0.15) is 16.8 Å². The first kappa shape index (κ1) is 24.1. The largest absolute Gasteiger partial charge is 0.421 e. The zero-order chi connectivity index (χ0) is 26.3. The summed E-state index contributed by atoms with van der Waals surface area (Å²) in [5.74, 6) is -0.277. The van der Waals surface area contributed by atoms with Crippen molar-refractivity contribution < 1.29 is 9.13 Å². The van der Waals surface area contributed by atoms with Gasteiger partial charge in [-0.15, -0.1) is 0 Å². The lowest BCUT2D eigenvalue weighted by Gasteiger charge is -2.18. The highest BCUT2D eigenvalue weighted by Gasteiger charge is 2.23. The highest BCUT2D eigenvalue weighted by molar-refractivity contribution is 5.96. The van der Waals surface area contributed by atoms with Gasteiger partial charge in [0.1, 0.15) is 11.8 Å². The number of rotatable bonds is 6. The maximum Gasteiger partial charge on any atom is 0.322 e. The second kappa shape index (κ2) is 9.47. The Bertz CT molecular complexity index is 1630. The number of halogens is 1. The number of aryl methyl sites for hydroxylation is 2. The van der Waals surface area contributed by atoms with E-state index >= 15 is 4.39 Å². The number of nitrogens with zero attached hydrogens (tertiary/aromatic N) is 6. The Morgan fingerprint density at radius 3 is 2.54 bits per heavy atom. The number of anilines is 2. The van der Waals surface area contributed by atoms with Crippen molar-refractivity contribution in [3.05, 3.63) is 77.6 Å². The molecule has 0 aliphatic heterocycles. The monoisotopic (exact) mass is 498 g/mol. The third-order valence-corrected chi connectivity index (χ3v) is 6.03. The highest BCUT2D eigenvalue weighted by atomic mass is 19.1. The minimum Gasteiger partial charge on any atom is -0.421 e. The number of ether oxygens (including phenoxy) is 1. The summed E-state index contributed by atoms with van der Waals surface area (Å²) in [6.07, 6.45) is 2.99. The van der Waals surface area contributed by atoms with Crippen molar-refractivity contribution in [2.24, 2.45) is 0 Å². The first-order valence-electron chi connectivity index (χ1n) is 11.7. The third-order valence-electron chi connectivity index (χ3n) is 6.03. The van der Waals surface area contributed by atoms with Crippen LogP contribution in [0.15, 0.2) is 55.0 Å². The van der Waals surface area contributed by atoms with E-state index in [9.17, 15) is 0 Å². The Morgan fingerprint density at radius 2 is 1.81 bits per heavy atom. The summed E-state index contributed by atoms with van der Waals surface area (Å²) >= 11 is 0. The van der Waals surface area contributed by atoms with Gasteiger partial charge in [-0.05, 0) is 63.8 Å². The van der Waals surface area contributed by atoms with Gasteiger partial charge in [0.25, 0.3) is 0 Å². The Labute approximate surface area is 213 Å². The third kappa shape index (κ3) is 4.54. The van der Waals surface area contributed by atoms with Crippen LogP contribution < -0.4 is 16.2 Å². The molecule has 0 spiro atoms. The highest BCUT2D eigenvalue weighted by Crippen LogP contribution is 2.39. The molecule has 3 heterocycles. The molecule has 5 rings (SSSR count). The van der Waals surface area contributed by atoms with E-state index in [-0.39, 0.29) is 17.6 Å². The van der Waals surface area contributed by atoms with Gasteiger partial charge in [-0.2, -0.15) is 0 Å². The molecule has 37 heavy (non-hydrogen) atoms. The van der Waals surface area contributed by atoms with Crippen molar-refractivity contribution in [2.75, 3.05) is 25.6 Å². The van der Waals surface area contributed by atoms with E-state index in [1.807, 2.05) is 50.7 Å². The average molecular weight is 499 g/mol. The van der Waals surface area contributed by atoms with Crippen molar-refractivity contribution in [3.63, 3.8) is 0 Å². The van der Waals surface area contributed by atoms with Gasteiger partial charge in [0.15, 0.2) is 17.4 Å². The SMILES string of the molecule is Cc1ccnc(Oc2ccc(-n3c(-c4ccc(N)cc4CN(C)C)c(C)c4ncnc(N)c43)cc2F)n1. The van der Waals surface area contributed by atoms with E-state index in [1.54, 1.807) is 24.4 Å². The maximum absolute atomic E-state index is 15.4. The van der Waals surface area contributed by atoms with Gasteiger partial charge in [0.05, 0.1) is 11.2 Å². The zero-order valence-electron chi connectivity index (χ0n) is 21.0. The smallest absolute Gasteiger partial charge is 0.322 e. The van der Waals surface area contributed by atoms with Gasteiger partial charge in [0.2, 0.25) is 0 Å². The van der Waals surface area contributed by atoms with E-state index in [0.29, 0.717) is 34.6 Å². The molecule has 0 aliphatic rings. The molecule has 5 aromatic rings. The number of hydrogen-bond donors (Lipinski definition) is 2. The molecular weight excluding hydrogens is 471 g/mol. The number of nitrogens with two attached hydrogens (primary N) is 2. The molecule has 0 radical (unpaired) electrons. The molecule has 0 amide bonds. The van der Waals surface area contributed by atoms with Crippen molar-refractivity contribution in [2.45, 2.75) is 20.4 Å². The molecule has 4 N–H and O–H groups in total. The average Bonchev–Trinajstić information content (AvgIpc) is 3.14. The summed E-state index contributed by atoms with van der Waals surface area (Å²) in [6.45, 7) is 4.43. The van der Waals surface area contributed by atoms with E-state index in [0.717, 1.165) is 22.4 Å². The van der Waals surface area contributed by atoms with Crippen LogP contribution in [0.5, 0.6) is 11.8 Å². The van der Waals surface area contributed by atoms with Crippen LogP contribution in [0.25, 0.3) is 28.0 Å². The van der Waals surface area contributed by atoms with Crippen LogP contribution in [0.3, 0.4) is 0 Å². The second-order valence-corrected chi connectivity index (χ2v) is 9.12. The Morgan fingerprint density at radius 1 is 1.00 bits per heavy atom. The van der Waals surface area contributed by atoms with E-state index in [2.05, 4.69) is 24.8 Å². The van der Waals surface area contributed by atoms with Crippen molar-refractivity contribution >= 4 is 22.5 Å². The molecular formula is C27H27FN8O. The summed E-state index contributed by atoms with van der Waals surface area (Å²) in [7, 11) is 3.98. The lowest BCUT2D eigenvalue weighted by atomic mass is 10.00. The van der Waals surface area contributed by atoms with Gasteiger partial charge < -0.3 is 25.7 Å². The van der Waals surface area contributed by atoms with Gasteiger partial charge in [-0.3, -0.25) is 0 Å². The lowest BCUT2D eigenvalue weighted by Crippen LogP contribution is -2.12. The van der Waals surface area contributed by atoms with Crippen LogP contribution in [0.2, 0.25) is 0 Å². The number of fused-ring (bicyclic) bond motifs is 1. The summed E-state index contributed by atoms with van der Waals surface area (Å²) in [5, 5.41) is 0. The first-order valence-corrected chi connectivity index (χ1v) is 11.7. The number of hydrogen-bond acceptors (Lipinski definition) is 8. The molecule has 0 bridgehead atoms. The lowest BCUT2D eigenvalue weighted by molar-refractivity contribution is 0.403. The van der Waals surface area contributed by atoms with Crippen molar-refractivity contribution in [3.8, 4) is 28.7 Å². The van der Waals surface area contributed by atoms with E-state index < -0.39 is 5.82 Å². The molecule has 188 valence electrons. The zero-order valence-corrected chi connectivity index (χ0v) is 21.0. The summed E-state index contributed by atoms with van der Waals surface area (Å²) < 4.78 is 22.9. The fourth-order valence-electron chi connectivity index (χ4n) is 4.46. The maximum atomic E-state index is 15.4. The number of benzene rings is 2. The van der Waals surface area contributed by atoms with Crippen LogP contribution in [-0.2, 0) is 6.54 Å². The quantitative estimate of drug-likeness (QED) is 0.325. The van der Waals surface area contributed by atoms with Crippen molar-refractivity contribution in [1.82, 2.24) is 29.4 Å². The molecule has 2 aromatic carbocycles. The van der Waals surface area contributed by atoms with Crippen LogP contribution in [0.4, 0.5) is 15.9 Å². The summed E-state index contributed by atoms with van der Waals surface area (Å²) in [4.78, 5) is 19.0. The standard InChI is InChI=1S/C27H27FN8O/c1-15-9-10-31-27(34-15)37-22-8-6-19(12-21(22)28)36-24(16(2)23-25(36)26(30)33-14-32-23)20-7-5-18(29)11-17(20)13-35(3)4/h5-12,14H,13,29H2,1-4H3,(H2,30,32,33). The van der Waals surface area contributed by atoms with Gasteiger partial charge in [-0.1, -0.05) is 6.07 Å². The predicted octanol–water partition coefficient (Wildman–Crippen LogP) is 4.65. The fourth-order valence-corrected chi connectivity index (χ4v) is 4.46. The topological polar surface area (TPSA) is 121 Å². The normalized spacial score (nSPS) is 11.4. The number of aromatic nitrogens is 5. The first-order chi connectivity index (χ1) is 17.7. The van der Waals surface area contributed by atoms with Crippen LogP contribution in [-0.4, -0.2) is 43.5 Å². The summed E-state index contributed by atoms with van der Waals surface area (Å²) in [6, 6.07) is 12.3. The Balaban J connectivity index is 1.72. The minimum atomic E-state index is -0.575. The molecule has 9 nitrogen and oxygen atoms in total. The Kier molecular flexibility index (Phi) is 6.18. The molecule has 3 aromatic heterocycles. The van der Waals surface area contributed by atoms with Gasteiger partial charge in [0, 0.05) is 47.0 Å².